The molecule has 0 radical (unpaired) electrons. The van der Waals surface area contributed by atoms with Crippen molar-refractivity contribution in [2.45, 2.75) is 32.4 Å². The first-order valence-corrected chi connectivity index (χ1v) is 16.1. The summed E-state index contributed by atoms with van der Waals surface area (Å²) in [6.07, 6.45) is 3.64. The summed E-state index contributed by atoms with van der Waals surface area (Å²) in [5.74, 6) is 1.21. The molecular weight excluding hydrogens is 611 g/mol. The minimum atomic E-state index is -0.256. The summed E-state index contributed by atoms with van der Waals surface area (Å²) in [5, 5.41) is 1.31. The zero-order valence-corrected chi connectivity index (χ0v) is 26.3. The van der Waals surface area contributed by atoms with Crippen molar-refractivity contribution in [2.75, 3.05) is 6.61 Å². The van der Waals surface area contributed by atoms with E-state index in [-0.39, 0.29) is 11.6 Å². The van der Waals surface area contributed by atoms with Gasteiger partial charge in [-0.2, -0.15) is 0 Å². The maximum atomic E-state index is 14.1. The monoisotopic (exact) mass is 638 g/mol. The fourth-order valence-electron chi connectivity index (χ4n) is 5.89. The molecule has 5 aromatic rings. The van der Waals surface area contributed by atoms with E-state index in [1.54, 1.807) is 0 Å². The van der Waals surface area contributed by atoms with Crippen molar-refractivity contribution < 1.29 is 9.47 Å². The second kappa shape index (κ2) is 12.1. The number of aromatic nitrogens is 1. The number of halogens is 2. The lowest BCUT2D eigenvalue weighted by molar-refractivity contribution is 0.269. The summed E-state index contributed by atoms with van der Waals surface area (Å²) in [6, 6.07) is 29.3. The first-order chi connectivity index (χ1) is 21.5. The van der Waals surface area contributed by atoms with Crippen molar-refractivity contribution in [3.05, 3.63) is 154 Å². The average molecular weight is 640 g/mol. The Morgan fingerprint density at radius 2 is 1.73 bits per heavy atom. The molecule has 8 heteroatoms. The summed E-state index contributed by atoms with van der Waals surface area (Å²) in [7, 11) is 0. The highest BCUT2D eigenvalue weighted by atomic mass is 35.5. The molecule has 1 atom stereocenters. The lowest BCUT2D eigenvalue weighted by Gasteiger charge is -2.30. The molecule has 0 amide bonds. The number of rotatable bonds is 7. The van der Waals surface area contributed by atoms with Gasteiger partial charge in [0, 0.05) is 21.2 Å². The van der Waals surface area contributed by atoms with E-state index in [0.717, 1.165) is 46.4 Å². The smallest absolute Gasteiger partial charge is 0.271 e. The minimum Gasteiger partial charge on any atom is -0.490 e. The number of hydrogen-bond acceptors (Lipinski definition) is 5. The van der Waals surface area contributed by atoms with E-state index >= 15 is 0 Å². The molecule has 220 valence electrons. The topological polar surface area (TPSA) is 52.8 Å². The number of fused-ring (bicyclic) bond motifs is 3. The van der Waals surface area contributed by atoms with Gasteiger partial charge in [-0.1, -0.05) is 95.2 Å². The predicted octanol–water partition coefficient (Wildman–Crippen LogP) is 7.60. The summed E-state index contributed by atoms with van der Waals surface area (Å²) < 4.78 is 14.5. The van der Waals surface area contributed by atoms with Gasteiger partial charge >= 0.3 is 0 Å². The second-order valence-corrected chi connectivity index (χ2v) is 12.5. The first kappa shape index (κ1) is 28.7. The SMILES string of the molecule is CCOc1cc(/C=c2\sc3n(c2=O)C(c2ccc(Cl)cc2)C2=C(N=3)c3ccccc3CC2)ccc1OCc1ccccc1Cl. The van der Waals surface area contributed by atoms with E-state index in [2.05, 4.69) is 24.3 Å². The molecule has 0 saturated carbocycles. The quantitative estimate of drug-likeness (QED) is 0.184. The van der Waals surface area contributed by atoms with Gasteiger partial charge in [0.2, 0.25) is 0 Å². The molecule has 1 aliphatic carbocycles. The third-order valence-corrected chi connectivity index (χ3v) is 9.57. The molecule has 7 rings (SSSR count). The highest BCUT2D eigenvalue weighted by Gasteiger charge is 2.32. The zero-order chi connectivity index (χ0) is 30.2. The van der Waals surface area contributed by atoms with Crippen LogP contribution >= 0.6 is 34.5 Å². The highest BCUT2D eigenvalue weighted by Crippen LogP contribution is 2.41. The van der Waals surface area contributed by atoms with Crippen LogP contribution in [-0.4, -0.2) is 11.2 Å². The maximum absolute atomic E-state index is 14.1. The lowest BCUT2D eigenvalue weighted by atomic mass is 9.83. The Morgan fingerprint density at radius 3 is 2.55 bits per heavy atom. The van der Waals surface area contributed by atoms with Crippen LogP contribution in [0.3, 0.4) is 0 Å². The number of benzene rings is 4. The zero-order valence-electron chi connectivity index (χ0n) is 23.9. The molecule has 0 bridgehead atoms. The van der Waals surface area contributed by atoms with Crippen molar-refractivity contribution in [1.82, 2.24) is 4.57 Å². The molecule has 2 aliphatic rings. The van der Waals surface area contributed by atoms with Crippen LogP contribution in [0.2, 0.25) is 10.0 Å². The van der Waals surface area contributed by atoms with Crippen LogP contribution in [0.5, 0.6) is 11.5 Å². The third kappa shape index (κ3) is 5.38. The molecule has 44 heavy (non-hydrogen) atoms. The minimum absolute atomic E-state index is 0.0730. The van der Waals surface area contributed by atoms with Gasteiger partial charge < -0.3 is 9.47 Å². The summed E-state index contributed by atoms with van der Waals surface area (Å²) in [6.45, 7) is 2.72. The van der Waals surface area contributed by atoms with Crippen LogP contribution in [0.1, 0.15) is 47.2 Å². The number of ether oxygens (including phenoxy) is 2. The van der Waals surface area contributed by atoms with Crippen molar-refractivity contribution in [2.24, 2.45) is 4.99 Å². The summed E-state index contributed by atoms with van der Waals surface area (Å²) in [4.78, 5) is 19.9. The Bertz CT molecular complexity index is 2100. The van der Waals surface area contributed by atoms with Gasteiger partial charge in [0.1, 0.15) is 6.61 Å². The number of thiazole rings is 1. The Balaban J connectivity index is 1.31. The number of allylic oxidation sites excluding steroid dienone is 1. The van der Waals surface area contributed by atoms with E-state index in [0.29, 0.717) is 44.1 Å². The van der Waals surface area contributed by atoms with E-state index in [9.17, 15) is 4.79 Å². The van der Waals surface area contributed by atoms with Gasteiger partial charge in [-0.15, -0.1) is 0 Å². The van der Waals surface area contributed by atoms with Crippen LogP contribution in [0.25, 0.3) is 11.8 Å². The fraction of sp³-hybridized carbons (Fsp3) is 0.167. The molecule has 0 N–H and O–H groups in total. The average Bonchev–Trinajstić information content (AvgIpc) is 3.35. The third-order valence-electron chi connectivity index (χ3n) is 7.97. The number of nitrogens with zero attached hydrogens (tertiary/aromatic N) is 2. The summed E-state index contributed by atoms with van der Waals surface area (Å²) in [5.41, 5.74) is 7.22. The largest absolute Gasteiger partial charge is 0.490 e. The van der Waals surface area contributed by atoms with Crippen molar-refractivity contribution in [3.8, 4) is 11.5 Å². The lowest BCUT2D eigenvalue weighted by Crippen LogP contribution is -2.38. The van der Waals surface area contributed by atoms with Gasteiger partial charge in [0.15, 0.2) is 16.3 Å². The van der Waals surface area contributed by atoms with Gasteiger partial charge in [-0.3, -0.25) is 9.36 Å². The molecule has 0 spiro atoms. The molecule has 1 aromatic heterocycles. The van der Waals surface area contributed by atoms with E-state index < -0.39 is 0 Å². The van der Waals surface area contributed by atoms with Crippen molar-refractivity contribution in [3.63, 3.8) is 0 Å². The number of aryl methyl sites for hydroxylation is 1. The van der Waals surface area contributed by atoms with E-state index in [4.69, 9.17) is 37.7 Å². The van der Waals surface area contributed by atoms with E-state index in [1.165, 1.54) is 16.9 Å². The predicted molar refractivity (Wildman–Crippen MR) is 178 cm³/mol. The molecule has 0 saturated heterocycles. The molecule has 5 nitrogen and oxygen atoms in total. The van der Waals surface area contributed by atoms with Gasteiger partial charge in [-0.25, -0.2) is 4.99 Å². The normalized spacial score (nSPS) is 15.7. The Morgan fingerprint density at radius 1 is 0.932 bits per heavy atom. The van der Waals surface area contributed by atoms with Crippen LogP contribution in [0, 0.1) is 0 Å². The Labute approximate surface area is 269 Å². The highest BCUT2D eigenvalue weighted by molar-refractivity contribution is 7.07. The van der Waals surface area contributed by atoms with Crippen LogP contribution in [0.15, 0.2) is 106 Å². The van der Waals surface area contributed by atoms with Crippen LogP contribution < -0.4 is 24.4 Å². The van der Waals surface area contributed by atoms with Gasteiger partial charge in [-0.05, 0) is 78.4 Å². The van der Waals surface area contributed by atoms with Gasteiger partial charge in [0.25, 0.3) is 5.56 Å². The van der Waals surface area contributed by atoms with Crippen LogP contribution in [0.4, 0.5) is 0 Å². The second-order valence-electron chi connectivity index (χ2n) is 10.7. The summed E-state index contributed by atoms with van der Waals surface area (Å²) >= 11 is 14.0. The van der Waals surface area contributed by atoms with Gasteiger partial charge in [0.05, 0.1) is 22.9 Å². The molecule has 2 heterocycles. The fourth-order valence-corrected chi connectivity index (χ4v) is 7.21. The van der Waals surface area contributed by atoms with Crippen molar-refractivity contribution >= 4 is 46.3 Å². The standard InChI is InChI=1S/C36H28Cl2N2O3S/c1-2-42-31-19-22(11-18-30(31)43-21-25-8-4-6-10-29(25)38)20-32-35(41)40-34(24-12-15-26(37)16-13-24)28-17-14-23-7-3-5-9-27(23)33(28)39-36(40)44-32/h3-13,15-16,18-20,34H,2,14,17,21H2,1H3/b32-20-. The first-order valence-electron chi connectivity index (χ1n) is 14.5. The van der Waals surface area contributed by atoms with E-state index in [1.807, 2.05) is 84.3 Å². The molecule has 1 aliphatic heterocycles. The molecular formula is C36H28Cl2N2O3S. The molecule has 4 aromatic carbocycles. The molecule has 0 fully saturated rings. The van der Waals surface area contributed by atoms with Crippen molar-refractivity contribution in [1.29, 1.82) is 0 Å². The maximum Gasteiger partial charge on any atom is 0.271 e. The Hall–Kier alpha value is -4.10. The van der Waals surface area contributed by atoms with Crippen LogP contribution in [-0.2, 0) is 13.0 Å². The molecule has 1 unspecified atom stereocenters. The Kier molecular flexibility index (Phi) is 7.89. The number of hydrogen-bond donors (Lipinski definition) is 0.